The van der Waals surface area contributed by atoms with Crippen LogP contribution < -0.4 is 14.8 Å². The number of hydrogen-bond acceptors (Lipinski definition) is 6. The molecule has 1 aromatic heterocycles. The molecule has 0 saturated carbocycles. The molecule has 0 unspecified atom stereocenters. The number of anilines is 2. The van der Waals surface area contributed by atoms with Gasteiger partial charge >= 0.3 is 0 Å². The van der Waals surface area contributed by atoms with Crippen molar-refractivity contribution in [2.75, 3.05) is 12.4 Å². The van der Waals surface area contributed by atoms with Gasteiger partial charge in [-0.15, -0.1) is 0 Å². The van der Waals surface area contributed by atoms with Crippen molar-refractivity contribution in [3.05, 3.63) is 114 Å². The maximum Gasteiger partial charge on any atom is 0.168 e. The van der Waals surface area contributed by atoms with E-state index in [1.807, 2.05) is 42.5 Å². The van der Waals surface area contributed by atoms with E-state index < -0.39 is 0 Å². The minimum atomic E-state index is -0.319. The average molecular weight is 479 g/mol. The molecule has 178 valence electrons. The van der Waals surface area contributed by atoms with E-state index in [4.69, 9.17) is 14.7 Å². The Balaban J connectivity index is 1.50. The summed E-state index contributed by atoms with van der Waals surface area (Å²) < 4.78 is 25.4. The maximum atomic E-state index is 14.0. The Morgan fingerprint density at radius 3 is 2.64 bits per heavy atom. The molecule has 4 aromatic rings. The number of allylic oxidation sites excluding steroid dienone is 1. The molecular weight excluding hydrogens is 455 g/mol. The molecule has 0 aliphatic carbocycles. The monoisotopic (exact) mass is 478 g/mol. The van der Waals surface area contributed by atoms with Gasteiger partial charge in [-0.1, -0.05) is 42.5 Å². The first-order chi connectivity index (χ1) is 17.7. The number of benzene rings is 3. The molecule has 7 heteroatoms. The maximum absolute atomic E-state index is 14.0. The van der Waals surface area contributed by atoms with E-state index in [1.54, 1.807) is 55.8 Å². The lowest BCUT2D eigenvalue weighted by Crippen LogP contribution is -2.01. The number of pyridine rings is 1. The zero-order valence-corrected chi connectivity index (χ0v) is 19.6. The van der Waals surface area contributed by atoms with Crippen molar-refractivity contribution in [3.63, 3.8) is 0 Å². The summed E-state index contributed by atoms with van der Waals surface area (Å²) >= 11 is 0. The molecule has 4 rings (SSSR count). The van der Waals surface area contributed by atoms with Crippen molar-refractivity contribution in [3.8, 4) is 17.6 Å². The van der Waals surface area contributed by atoms with Gasteiger partial charge in [0.2, 0.25) is 0 Å². The second kappa shape index (κ2) is 12.0. The number of aliphatic imine (C=N–C) groups is 1. The Morgan fingerprint density at radius 2 is 1.86 bits per heavy atom. The number of methoxy groups -OCH3 is 1. The van der Waals surface area contributed by atoms with E-state index in [2.05, 4.69) is 21.4 Å². The van der Waals surface area contributed by atoms with Crippen molar-refractivity contribution in [2.24, 2.45) is 4.99 Å². The average Bonchev–Trinajstić information content (AvgIpc) is 2.92. The Hall–Kier alpha value is -4.96. The van der Waals surface area contributed by atoms with Crippen LogP contribution in [0.5, 0.6) is 11.5 Å². The number of ether oxygens (including phenoxy) is 2. The van der Waals surface area contributed by atoms with Gasteiger partial charge in [0.15, 0.2) is 11.5 Å². The summed E-state index contributed by atoms with van der Waals surface area (Å²) in [5.41, 5.74) is 3.21. The van der Waals surface area contributed by atoms with Gasteiger partial charge in [-0.25, -0.2) is 9.37 Å². The number of aromatic nitrogens is 1. The van der Waals surface area contributed by atoms with E-state index in [9.17, 15) is 4.39 Å². The lowest BCUT2D eigenvalue weighted by atomic mass is 10.1. The third-order valence-electron chi connectivity index (χ3n) is 5.19. The Labute approximate surface area is 209 Å². The van der Waals surface area contributed by atoms with Crippen LogP contribution in [0, 0.1) is 17.1 Å². The van der Waals surface area contributed by atoms with E-state index in [0.717, 1.165) is 16.9 Å². The molecule has 0 radical (unpaired) electrons. The summed E-state index contributed by atoms with van der Waals surface area (Å²) in [5, 5.41) is 12.2. The summed E-state index contributed by atoms with van der Waals surface area (Å²) in [6, 6.07) is 25.1. The number of nitrogens with zero attached hydrogens (tertiary/aromatic N) is 3. The second-order valence-corrected chi connectivity index (χ2v) is 7.58. The molecule has 1 heterocycles. The standard InChI is InChI=1S/C29H23FN4O2/c1-35-27-14-6-9-22(29(27)36-20-23-8-2-3-11-24(23)30)10-7-17-32-25-12-4-5-13-26(25)34-28-16-15-21(18-31)19-33-28/h2-17,19H,20H2,1H3,(H,33,34). The van der Waals surface area contributed by atoms with Crippen LogP contribution >= 0.6 is 0 Å². The normalized spacial score (nSPS) is 10.9. The highest BCUT2D eigenvalue weighted by Crippen LogP contribution is 2.33. The van der Waals surface area contributed by atoms with Gasteiger partial charge in [0, 0.05) is 23.5 Å². The summed E-state index contributed by atoms with van der Waals surface area (Å²) in [5.74, 6) is 1.36. The highest BCUT2D eigenvalue weighted by Gasteiger charge is 2.10. The van der Waals surface area contributed by atoms with E-state index >= 15 is 0 Å². The molecule has 0 aliphatic heterocycles. The van der Waals surface area contributed by atoms with E-state index in [0.29, 0.717) is 28.4 Å². The first-order valence-electron chi connectivity index (χ1n) is 11.1. The molecule has 0 bridgehead atoms. The van der Waals surface area contributed by atoms with Gasteiger partial charge in [-0.2, -0.15) is 5.26 Å². The fourth-order valence-electron chi connectivity index (χ4n) is 3.38. The number of para-hydroxylation sites is 3. The zero-order chi connectivity index (χ0) is 25.2. The van der Waals surface area contributed by atoms with Gasteiger partial charge < -0.3 is 14.8 Å². The largest absolute Gasteiger partial charge is 0.493 e. The van der Waals surface area contributed by atoms with Gasteiger partial charge in [0.1, 0.15) is 24.3 Å². The molecule has 1 N–H and O–H groups in total. The van der Waals surface area contributed by atoms with Gasteiger partial charge in [-0.05, 0) is 48.6 Å². The van der Waals surface area contributed by atoms with Gasteiger partial charge in [0.05, 0.1) is 24.0 Å². The van der Waals surface area contributed by atoms with Crippen molar-refractivity contribution in [2.45, 2.75) is 6.61 Å². The number of hydrogen-bond donors (Lipinski definition) is 1. The van der Waals surface area contributed by atoms with Crippen LogP contribution in [0.25, 0.3) is 6.08 Å². The minimum Gasteiger partial charge on any atom is -0.493 e. The lowest BCUT2D eigenvalue weighted by Gasteiger charge is -2.13. The molecule has 0 spiro atoms. The summed E-state index contributed by atoms with van der Waals surface area (Å²) in [7, 11) is 1.56. The quantitative estimate of drug-likeness (QED) is 0.267. The second-order valence-electron chi connectivity index (χ2n) is 7.58. The predicted octanol–water partition coefficient (Wildman–Crippen LogP) is 6.84. The Kier molecular flexibility index (Phi) is 8.03. The van der Waals surface area contributed by atoms with Gasteiger partial charge in [0.25, 0.3) is 0 Å². The topological polar surface area (TPSA) is 79.5 Å². The van der Waals surface area contributed by atoms with Crippen molar-refractivity contribution >= 4 is 29.5 Å². The predicted molar refractivity (Wildman–Crippen MR) is 140 cm³/mol. The first-order valence-corrected chi connectivity index (χ1v) is 11.1. The van der Waals surface area contributed by atoms with Crippen LogP contribution in [-0.4, -0.2) is 18.3 Å². The van der Waals surface area contributed by atoms with Crippen LogP contribution in [0.4, 0.5) is 21.6 Å². The highest BCUT2D eigenvalue weighted by atomic mass is 19.1. The first kappa shape index (κ1) is 24.2. The van der Waals surface area contributed by atoms with Crippen molar-refractivity contribution in [1.29, 1.82) is 5.26 Å². The molecule has 0 aliphatic rings. The SMILES string of the molecule is COc1cccc(C=CC=Nc2ccccc2Nc2ccc(C#N)cn2)c1OCc1ccccc1F. The molecule has 0 fully saturated rings. The lowest BCUT2D eigenvalue weighted by molar-refractivity contribution is 0.279. The third kappa shape index (κ3) is 6.13. The van der Waals surface area contributed by atoms with Crippen LogP contribution in [0.1, 0.15) is 16.7 Å². The highest BCUT2D eigenvalue weighted by molar-refractivity contribution is 5.84. The van der Waals surface area contributed by atoms with Crippen LogP contribution in [0.2, 0.25) is 0 Å². The minimum absolute atomic E-state index is 0.0738. The van der Waals surface area contributed by atoms with Gasteiger partial charge in [-0.3, -0.25) is 4.99 Å². The van der Waals surface area contributed by atoms with Crippen molar-refractivity contribution < 1.29 is 13.9 Å². The molecule has 6 nitrogen and oxygen atoms in total. The fourth-order valence-corrected chi connectivity index (χ4v) is 3.38. The third-order valence-corrected chi connectivity index (χ3v) is 5.19. The molecule has 0 saturated heterocycles. The molecule has 0 atom stereocenters. The Bertz CT molecular complexity index is 1430. The van der Waals surface area contributed by atoms with E-state index in [-0.39, 0.29) is 12.4 Å². The van der Waals surface area contributed by atoms with Crippen LogP contribution in [0.15, 0.2) is 96.1 Å². The number of nitrogens with one attached hydrogen (secondary N) is 1. The smallest absolute Gasteiger partial charge is 0.168 e. The molecular formula is C29H23FN4O2. The molecule has 36 heavy (non-hydrogen) atoms. The summed E-state index contributed by atoms with van der Waals surface area (Å²) in [6.45, 7) is 0.0738. The fraction of sp³-hybridized carbons (Fsp3) is 0.0690. The summed E-state index contributed by atoms with van der Waals surface area (Å²) in [6.07, 6.45) is 6.83. The summed E-state index contributed by atoms with van der Waals surface area (Å²) in [4.78, 5) is 8.80. The van der Waals surface area contributed by atoms with E-state index in [1.165, 1.54) is 12.3 Å². The van der Waals surface area contributed by atoms with Crippen molar-refractivity contribution in [1.82, 2.24) is 4.98 Å². The molecule has 0 amide bonds. The zero-order valence-electron chi connectivity index (χ0n) is 19.6. The number of rotatable bonds is 9. The molecule has 3 aromatic carbocycles. The number of nitriles is 1. The number of halogens is 1. The van der Waals surface area contributed by atoms with Crippen LogP contribution in [-0.2, 0) is 6.61 Å². The van der Waals surface area contributed by atoms with Crippen LogP contribution in [0.3, 0.4) is 0 Å². The Morgan fingerprint density at radius 1 is 1.03 bits per heavy atom.